The van der Waals surface area contributed by atoms with Crippen LogP contribution in [0.2, 0.25) is 0 Å². The molecule has 2 aromatic carbocycles. The Morgan fingerprint density at radius 2 is 1.71 bits per heavy atom. The van der Waals surface area contributed by atoms with Gasteiger partial charge in [0.15, 0.2) is 0 Å². The van der Waals surface area contributed by atoms with Crippen LogP contribution in [0.5, 0.6) is 17.2 Å². The van der Waals surface area contributed by atoms with Crippen molar-refractivity contribution in [2.45, 2.75) is 25.8 Å². The number of nitrogens with zero attached hydrogens (tertiary/aromatic N) is 2. The van der Waals surface area contributed by atoms with E-state index in [1.807, 2.05) is 47.4 Å². The van der Waals surface area contributed by atoms with Crippen LogP contribution in [0, 0.1) is 0 Å². The fraction of sp³-hybridized carbons (Fsp3) is 0.333. The van der Waals surface area contributed by atoms with Crippen molar-refractivity contribution in [3.05, 3.63) is 59.3 Å². The Balaban J connectivity index is 1.87. The van der Waals surface area contributed by atoms with Crippen LogP contribution in [0.15, 0.2) is 42.5 Å². The monoisotopic (exact) mass is 421 g/mol. The number of carbonyl (C=O) groups is 1. The quantitative estimate of drug-likeness (QED) is 0.582. The Morgan fingerprint density at radius 3 is 2.35 bits per heavy atom. The van der Waals surface area contributed by atoms with Gasteiger partial charge in [0.2, 0.25) is 0 Å². The fourth-order valence-corrected chi connectivity index (χ4v) is 4.09. The van der Waals surface area contributed by atoms with Crippen LogP contribution >= 0.6 is 0 Å². The summed E-state index contributed by atoms with van der Waals surface area (Å²) >= 11 is 0. The van der Waals surface area contributed by atoms with E-state index in [2.05, 4.69) is 17.1 Å². The number of fused-ring (bicyclic) bond motifs is 1. The van der Waals surface area contributed by atoms with Crippen LogP contribution < -0.4 is 14.2 Å². The molecule has 1 aliphatic heterocycles. The van der Waals surface area contributed by atoms with E-state index in [-0.39, 0.29) is 11.9 Å². The molecule has 3 aromatic rings. The van der Waals surface area contributed by atoms with Crippen LogP contribution in [-0.4, -0.2) is 48.9 Å². The molecule has 0 saturated carbocycles. The minimum absolute atomic E-state index is 0.0430. The van der Waals surface area contributed by atoms with E-state index in [1.54, 1.807) is 21.3 Å². The number of ether oxygens (including phenoxy) is 3. The first-order chi connectivity index (χ1) is 15.1. The molecule has 1 atom stereocenters. The van der Waals surface area contributed by atoms with Crippen molar-refractivity contribution in [2.75, 3.05) is 27.9 Å². The second-order valence-electron chi connectivity index (χ2n) is 7.45. The van der Waals surface area contributed by atoms with E-state index < -0.39 is 0 Å². The highest BCUT2D eigenvalue weighted by Gasteiger charge is 2.43. The first-order valence-corrected chi connectivity index (χ1v) is 10.4. The van der Waals surface area contributed by atoms with Crippen molar-refractivity contribution in [1.29, 1.82) is 0 Å². The van der Waals surface area contributed by atoms with Gasteiger partial charge < -0.3 is 19.1 Å². The van der Waals surface area contributed by atoms with Crippen molar-refractivity contribution in [3.63, 3.8) is 0 Å². The van der Waals surface area contributed by atoms with Gasteiger partial charge in [0.05, 0.1) is 33.1 Å². The highest BCUT2D eigenvalue weighted by molar-refractivity contribution is 6.00. The van der Waals surface area contributed by atoms with E-state index in [0.29, 0.717) is 23.7 Å². The Morgan fingerprint density at radius 1 is 1.00 bits per heavy atom. The average Bonchev–Trinajstić information content (AvgIpc) is 3.36. The van der Waals surface area contributed by atoms with Gasteiger partial charge in [-0.05, 0) is 42.8 Å². The Hall–Kier alpha value is -3.48. The summed E-state index contributed by atoms with van der Waals surface area (Å²) in [7, 11) is 4.89. The molecular weight excluding hydrogens is 394 g/mol. The number of H-pyrrole nitrogens is 1. The zero-order valence-electron chi connectivity index (χ0n) is 18.3. The summed E-state index contributed by atoms with van der Waals surface area (Å²) in [5.74, 6) is 2.10. The molecule has 162 valence electrons. The fourth-order valence-electron chi connectivity index (χ4n) is 4.09. The van der Waals surface area contributed by atoms with Gasteiger partial charge in [-0.3, -0.25) is 9.89 Å². The molecule has 7 heteroatoms. The summed E-state index contributed by atoms with van der Waals surface area (Å²) in [4.78, 5) is 15.2. The molecule has 0 spiro atoms. The summed E-state index contributed by atoms with van der Waals surface area (Å²) in [5, 5.41) is 7.51. The molecule has 0 aliphatic carbocycles. The van der Waals surface area contributed by atoms with Gasteiger partial charge in [-0.15, -0.1) is 0 Å². The lowest BCUT2D eigenvalue weighted by molar-refractivity contribution is 0.0740. The number of aromatic amines is 1. The lowest BCUT2D eigenvalue weighted by Crippen LogP contribution is -2.30. The standard InChI is InChI=1S/C24H27N3O4/c1-5-6-13-27-23(18-12-11-17(30-3)14-19(18)31-4)20-21(25-26-22(20)24(27)28)15-7-9-16(29-2)10-8-15/h7-12,14,23H,5-6,13H2,1-4H3,(H,25,26). The lowest BCUT2D eigenvalue weighted by Gasteiger charge is -2.27. The maximum atomic E-state index is 13.3. The number of unbranched alkanes of at least 4 members (excludes halogenated alkanes) is 1. The van der Waals surface area contributed by atoms with Crippen molar-refractivity contribution in [3.8, 4) is 28.5 Å². The molecule has 1 unspecified atom stereocenters. The number of aromatic nitrogens is 2. The van der Waals surface area contributed by atoms with Gasteiger partial charge in [0.1, 0.15) is 22.9 Å². The third kappa shape index (κ3) is 3.60. The van der Waals surface area contributed by atoms with Gasteiger partial charge in [-0.25, -0.2) is 0 Å². The number of hydrogen-bond donors (Lipinski definition) is 1. The predicted octanol–water partition coefficient (Wildman–Crippen LogP) is 4.45. The molecule has 1 amide bonds. The Labute approximate surface area is 181 Å². The predicted molar refractivity (Wildman–Crippen MR) is 118 cm³/mol. The van der Waals surface area contributed by atoms with Gasteiger partial charge in [0, 0.05) is 29.3 Å². The van der Waals surface area contributed by atoms with Crippen molar-refractivity contribution < 1.29 is 19.0 Å². The normalized spacial score (nSPS) is 15.2. The molecule has 0 radical (unpaired) electrons. The molecular formula is C24H27N3O4. The number of rotatable bonds is 8. The number of benzene rings is 2. The molecule has 0 fully saturated rings. The van der Waals surface area contributed by atoms with Crippen LogP contribution in [0.1, 0.15) is 47.4 Å². The van der Waals surface area contributed by atoms with E-state index in [0.717, 1.165) is 41.0 Å². The smallest absolute Gasteiger partial charge is 0.273 e. The largest absolute Gasteiger partial charge is 0.497 e. The summed E-state index contributed by atoms with van der Waals surface area (Å²) < 4.78 is 16.3. The molecule has 1 aromatic heterocycles. The molecule has 0 bridgehead atoms. The zero-order chi connectivity index (χ0) is 22.0. The van der Waals surface area contributed by atoms with Crippen molar-refractivity contribution in [1.82, 2.24) is 15.1 Å². The van der Waals surface area contributed by atoms with Crippen molar-refractivity contribution in [2.24, 2.45) is 0 Å². The molecule has 2 heterocycles. The third-order valence-corrected chi connectivity index (χ3v) is 5.72. The first-order valence-electron chi connectivity index (χ1n) is 10.4. The van der Waals surface area contributed by atoms with Gasteiger partial charge in [-0.1, -0.05) is 13.3 Å². The lowest BCUT2D eigenvalue weighted by atomic mass is 9.95. The highest BCUT2D eigenvalue weighted by Crippen LogP contribution is 2.46. The first kappa shape index (κ1) is 20.8. The van der Waals surface area contributed by atoms with E-state index >= 15 is 0 Å². The maximum absolute atomic E-state index is 13.3. The molecule has 4 rings (SSSR count). The molecule has 7 nitrogen and oxygen atoms in total. The second-order valence-corrected chi connectivity index (χ2v) is 7.45. The molecule has 1 aliphatic rings. The average molecular weight is 421 g/mol. The molecule has 0 saturated heterocycles. The van der Waals surface area contributed by atoms with E-state index in [4.69, 9.17) is 14.2 Å². The summed E-state index contributed by atoms with van der Waals surface area (Å²) in [5.41, 5.74) is 3.98. The van der Waals surface area contributed by atoms with Gasteiger partial charge in [-0.2, -0.15) is 5.10 Å². The number of methoxy groups -OCH3 is 3. The number of amides is 1. The number of nitrogens with one attached hydrogen (secondary N) is 1. The van der Waals surface area contributed by atoms with Gasteiger partial charge in [0.25, 0.3) is 5.91 Å². The third-order valence-electron chi connectivity index (χ3n) is 5.72. The Kier molecular flexibility index (Phi) is 5.84. The number of carbonyl (C=O) groups excluding carboxylic acids is 1. The van der Waals surface area contributed by atoms with E-state index in [1.165, 1.54) is 0 Å². The summed E-state index contributed by atoms with van der Waals surface area (Å²) in [6, 6.07) is 13.1. The van der Waals surface area contributed by atoms with E-state index in [9.17, 15) is 4.79 Å². The minimum atomic E-state index is -0.300. The summed E-state index contributed by atoms with van der Waals surface area (Å²) in [6.07, 6.45) is 1.91. The van der Waals surface area contributed by atoms with Gasteiger partial charge >= 0.3 is 0 Å². The second kappa shape index (κ2) is 8.71. The van der Waals surface area contributed by atoms with Crippen LogP contribution in [0.3, 0.4) is 0 Å². The molecule has 1 N–H and O–H groups in total. The number of hydrogen-bond acceptors (Lipinski definition) is 5. The maximum Gasteiger partial charge on any atom is 0.273 e. The Bertz CT molecular complexity index is 1070. The van der Waals surface area contributed by atoms with Crippen molar-refractivity contribution >= 4 is 5.91 Å². The zero-order valence-corrected chi connectivity index (χ0v) is 18.3. The summed E-state index contributed by atoms with van der Waals surface area (Å²) in [6.45, 7) is 2.77. The molecule has 31 heavy (non-hydrogen) atoms. The minimum Gasteiger partial charge on any atom is -0.497 e. The van der Waals surface area contributed by atoms with Crippen LogP contribution in [0.4, 0.5) is 0 Å². The highest BCUT2D eigenvalue weighted by atomic mass is 16.5. The topological polar surface area (TPSA) is 76.7 Å². The van der Waals surface area contributed by atoms with Crippen LogP contribution in [0.25, 0.3) is 11.3 Å². The SMILES string of the molecule is CCCCN1C(=O)c2[nH]nc(-c3ccc(OC)cc3)c2C1c1ccc(OC)cc1OC. The van der Waals surface area contributed by atoms with Crippen LogP contribution in [-0.2, 0) is 0 Å².